The number of unbranched alkanes of at least 4 members (excludes halogenated alkanes) is 1. The molecule has 2 N–H and O–H groups in total. The van der Waals surface area contributed by atoms with Crippen LogP contribution in [0.1, 0.15) is 12.8 Å². The molecule has 5 nitrogen and oxygen atoms in total. The van der Waals surface area contributed by atoms with Gasteiger partial charge >= 0.3 is 0 Å². The van der Waals surface area contributed by atoms with E-state index < -0.39 is 0 Å². The van der Waals surface area contributed by atoms with E-state index in [4.69, 9.17) is 5.73 Å². The first-order chi connectivity index (χ1) is 5.34. The highest BCUT2D eigenvalue weighted by Crippen LogP contribution is 1.99. The topological polar surface area (TPSA) is 69.6 Å². The number of halogens is 1. The van der Waals surface area contributed by atoms with E-state index in [2.05, 4.69) is 28.2 Å². The van der Waals surface area contributed by atoms with Gasteiger partial charge in [-0.2, -0.15) is 0 Å². The van der Waals surface area contributed by atoms with Gasteiger partial charge in [0.2, 0.25) is 5.16 Å². The summed E-state index contributed by atoms with van der Waals surface area (Å²) in [5.74, 6) is 0. The van der Waals surface area contributed by atoms with Crippen LogP contribution in [-0.2, 0) is 6.54 Å². The SMILES string of the molecule is Cl.NCCCCn1nnnc1S. The van der Waals surface area contributed by atoms with Gasteiger partial charge in [-0.05, 0) is 29.8 Å². The Morgan fingerprint density at radius 2 is 2.17 bits per heavy atom. The number of rotatable bonds is 4. The second kappa shape index (κ2) is 6.22. The predicted octanol–water partition coefficient (Wildman–Crippen LogP) is 0.122. The number of tetrazole rings is 1. The summed E-state index contributed by atoms with van der Waals surface area (Å²) in [5, 5.41) is 11.4. The Kier molecular flexibility index (Phi) is 6.04. The van der Waals surface area contributed by atoms with Crippen molar-refractivity contribution in [2.45, 2.75) is 24.5 Å². The average Bonchev–Trinajstić information content (AvgIpc) is 2.37. The normalized spacial score (nSPS) is 9.50. The van der Waals surface area contributed by atoms with E-state index in [1.54, 1.807) is 4.68 Å². The summed E-state index contributed by atoms with van der Waals surface area (Å²) in [6.07, 6.45) is 1.99. The molecule has 0 saturated heterocycles. The molecule has 1 aromatic rings. The lowest BCUT2D eigenvalue weighted by Gasteiger charge is -1.98. The average molecular weight is 210 g/mol. The molecule has 0 atom stereocenters. The van der Waals surface area contributed by atoms with Crippen molar-refractivity contribution in [1.29, 1.82) is 0 Å². The van der Waals surface area contributed by atoms with E-state index in [-0.39, 0.29) is 12.4 Å². The zero-order valence-electron chi connectivity index (χ0n) is 6.55. The van der Waals surface area contributed by atoms with Gasteiger partial charge in [-0.1, -0.05) is 0 Å². The van der Waals surface area contributed by atoms with Crippen LogP contribution in [0.4, 0.5) is 0 Å². The third-order valence-corrected chi connectivity index (χ3v) is 1.66. The van der Waals surface area contributed by atoms with Gasteiger partial charge in [-0.25, -0.2) is 4.68 Å². The molecular weight excluding hydrogens is 198 g/mol. The Morgan fingerprint density at radius 1 is 1.42 bits per heavy atom. The fourth-order valence-corrected chi connectivity index (χ4v) is 0.931. The molecule has 0 aliphatic rings. The van der Waals surface area contributed by atoms with E-state index >= 15 is 0 Å². The zero-order valence-corrected chi connectivity index (χ0v) is 8.26. The highest BCUT2D eigenvalue weighted by atomic mass is 35.5. The summed E-state index contributed by atoms with van der Waals surface area (Å²) in [5.41, 5.74) is 5.33. The van der Waals surface area contributed by atoms with Crippen molar-refractivity contribution in [2.75, 3.05) is 6.54 Å². The lowest BCUT2D eigenvalue weighted by atomic mass is 10.3. The monoisotopic (exact) mass is 209 g/mol. The molecule has 7 heteroatoms. The highest BCUT2D eigenvalue weighted by molar-refractivity contribution is 7.80. The Bertz CT molecular complexity index is 215. The van der Waals surface area contributed by atoms with E-state index in [0.717, 1.165) is 19.4 Å². The van der Waals surface area contributed by atoms with Gasteiger partial charge in [-0.3, -0.25) is 0 Å². The Morgan fingerprint density at radius 3 is 2.67 bits per heavy atom. The minimum absolute atomic E-state index is 0. The van der Waals surface area contributed by atoms with E-state index in [1.165, 1.54) is 0 Å². The molecule has 0 fully saturated rings. The quantitative estimate of drug-likeness (QED) is 0.546. The lowest BCUT2D eigenvalue weighted by Crippen LogP contribution is -2.04. The standard InChI is InChI=1S/C5H11N5S.ClH/c6-3-1-2-4-10-5(11)7-8-9-10;/h1-4,6H2,(H,7,9,11);1H. The van der Waals surface area contributed by atoms with Crippen molar-refractivity contribution in [3.8, 4) is 0 Å². The van der Waals surface area contributed by atoms with Crippen LogP contribution in [0.3, 0.4) is 0 Å². The number of hydrogen-bond acceptors (Lipinski definition) is 5. The van der Waals surface area contributed by atoms with Gasteiger partial charge in [0.1, 0.15) is 0 Å². The van der Waals surface area contributed by atoms with Crippen molar-refractivity contribution in [1.82, 2.24) is 20.2 Å². The second-order valence-electron chi connectivity index (χ2n) is 2.20. The molecular formula is C5H12ClN5S. The fourth-order valence-electron chi connectivity index (χ4n) is 0.751. The number of nitrogens with zero attached hydrogens (tertiary/aromatic N) is 4. The van der Waals surface area contributed by atoms with Crippen molar-refractivity contribution >= 4 is 25.0 Å². The Labute approximate surface area is 82.5 Å². The molecule has 0 aliphatic carbocycles. The molecule has 0 radical (unpaired) electrons. The van der Waals surface area contributed by atoms with Crippen LogP contribution in [0.2, 0.25) is 0 Å². The molecule has 0 unspecified atom stereocenters. The smallest absolute Gasteiger partial charge is 0.206 e. The molecule has 1 heterocycles. The fraction of sp³-hybridized carbons (Fsp3) is 0.800. The number of thiol groups is 1. The first-order valence-corrected chi connectivity index (χ1v) is 3.94. The molecule has 0 aromatic carbocycles. The minimum Gasteiger partial charge on any atom is -0.330 e. The summed E-state index contributed by atoms with van der Waals surface area (Å²) < 4.78 is 1.65. The zero-order chi connectivity index (χ0) is 8.10. The predicted molar refractivity (Wildman–Crippen MR) is 50.6 cm³/mol. The summed E-state index contributed by atoms with van der Waals surface area (Å²) >= 11 is 4.05. The van der Waals surface area contributed by atoms with Crippen LogP contribution in [0.15, 0.2) is 5.16 Å². The maximum atomic E-state index is 5.33. The van der Waals surface area contributed by atoms with Crippen LogP contribution in [0.25, 0.3) is 0 Å². The molecule has 1 aromatic heterocycles. The Hall–Kier alpha value is -0.330. The number of aromatic nitrogens is 4. The van der Waals surface area contributed by atoms with Gasteiger partial charge in [0, 0.05) is 6.54 Å². The molecule has 0 bridgehead atoms. The number of nitrogens with two attached hydrogens (primary N) is 1. The summed E-state index contributed by atoms with van der Waals surface area (Å²) in [6, 6.07) is 0. The molecule has 12 heavy (non-hydrogen) atoms. The first-order valence-electron chi connectivity index (χ1n) is 3.50. The van der Waals surface area contributed by atoms with Crippen LogP contribution < -0.4 is 5.73 Å². The van der Waals surface area contributed by atoms with Crippen LogP contribution in [-0.4, -0.2) is 26.8 Å². The van der Waals surface area contributed by atoms with Crippen molar-refractivity contribution < 1.29 is 0 Å². The summed E-state index contributed by atoms with van der Waals surface area (Å²) in [7, 11) is 0. The number of hydrogen-bond donors (Lipinski definition) is 2. The van der Waals surface area contributed by atoms with Crippen LogP contribution in [0.5, 0.6) is 0 Å². The lowest BCUT2D eigenvalue weighted by molar-refractivity contribution is 0.512. The molecule has 1 rings (SSSR count). The van der Waals surface area contributed by atoms with E-state index in [0.29, 0.717) is 11.7 Å². The van der Waals surface area contributed by atoms with Crippen molar-refractivity contribution in [2.24, 2.45) is 5.73 Å². The van der Waals surface area contributed by atoms with Crippen LogP contribution in [0, 0.1) is 0 Å². The highest BCUT2D eigenvalue weighted by Gasteiger charge is 1.98. The molecule has 0 aliphatic heterocycles. The molecule has 0 saturated carbocycles. The molecule has 0 amide bonds. The van der Waals surface area contributed by atoms with Crippen LogP contribution >= 0.6 is 25.0 Å². The maximum absolute atomic E-state index is 5.33. The number of aryl methyl sites for hydroxylation is 1. The van der Waals surface area contributed by atoms with Crippen molar-refractivity contribution in [3.05, 3.63) is 0 Å². The third-order valence-electron chi connectivity index (χ3n) is 1.34. The molecule has 70 valence electrons. The maximum Gasteiger partial charge on any atom is 0.206 e. The first kappa shape index (κ1) is 11.7. The third kappa shape index (κ3) is 3.38. The summed E-state index contributed by atoms with van der Waals surface area (Å²) in [4.78, 5) is 0. The van der Waals surface area contributed by atoms with Gasteiger partial charge in [0.25, 0.3) is 0 Å². The van der Waals surface area contributed by atoms with Gasteiger partial charge in [0.05, 0.1) is 0 Å². The summed E-state index contributed by atoms with van der Waals surface area (Å²) in [6.45, 7) is 1.51. The van der Waals surface area contributed by atoms with E-state index in [9.17, 15) is 0 Å². The van der Waals surface area contributed by atoms with Gasteiger partial charge < -0.3 is 5.73 Å². The van der Waals surface area contributed by atoms with Crippen molar-refractivity contribution in [3.63, 3.8) is 0 Å². The van der Waals surface area contributed by atoms with Gasteiger partial charge in [0.15, 0.2) is 0 Å². The van der Waals surface area contributed by atoms with E-state index in [1.807, 2.05) is 0 Å². The Balaban J connectivity index is 0.00000121. The second-order valence-corrected chi connectivity index (χ2v) is 2.60. The largest absolute Gasteiger partial charge is 0.330 e. The minimum atomic E-state index is 0. The van der Waals surface area contributed by atoms with Gasteiger partial charge in [-0.15, -0.1) is 30.1 Å². The molecule has 0 spiro atoms.